The number of hydrogen-bond donors (Lipinski definition) is 1. The van der Waals surface area contributed by atoms with Crippen molar-refractivity contribution in [2.75, 3.05) is 66.2 Å². The summed E-state index contributed by atoms with van der Waals surface area (Å²) in [6.07, 6.45) is 3.27. The molecule has 1 fully saturated rings. The Morgan fingerprint density at radius 2 is 1.39 bits per heavy atom. The van der Waals surface area contributed by atoms with E-state index in [0.29, 0.717) is 36.7 Å². The summed E-state index contributed by atoms with van der Waals surface area (Å²) in [4.78, 5) is 62.0. The minimum atomic E-state index is -0.535. The number of aliphatic hydroxyl groups excluding tert-OH is 1. The largest absolute Gasteiger partial charge is 1.00 e. The van der Waals surface area contributed by atoms with Crippen LogP contribution < -0.4 is 29.6 Å². The molecule has 0 aromatic heterocycles. The van der Waals surface area contributed by atoms with Crippen LogP contribution in [0.2, 0.25) is 0 Å². The predicted molar refractivity (Wildman–Crippen MR) is 192 cm³/mol. The van der Waals surface area contributed by atoms with Gasteiger partial charge in [0.1, 0.15) is 12.6 Å². The summed E-state index contributed by atoms with van der Waals surface area (Å²) < 4.78 is 9.76. The van der Waals surface area contributed by atoms with Crippen molar-refractivity contribution in [2.24, 2.45) is 29.6 Å². The molecule has 18 heteroatoms. The van der Waals surface area contributed by atoms with Gasteiger partial charge >= 0.3 is 35.5 Å². The third-order valence-corrected chi connectivity index (χ3v) is 6.85. The van der Waals surface area contributed by atoms with E-state index in [0.717, 1.165) is 38.9 Å². The molecule has 1 aromatic carbocycles. The van der Waals surface area contributed by atoms with Gasteiger partial charge in [-0.15, -0.1) is 0 Å². The molecule has 2 rings (SSSR count). The number of benzene rings is 1. The Hall–Kier alpha value is -2.83. The van der Waals surface area contributed by atoms with Crippen molar-refractivity contribution in [3.8, 4) is 0 Å². The van der Waals surface area contributed by atoms with Crippen molar-refractivity contribution in [3.05, 3.63) is 66.2 Å². The van der Waals surface area contributed by atoms with Crippen molar-refractivity contribution in [2.45, 2.75) is 60.8 Å². The number of esters is 1. The van der Waals surface area contributed by atoms with Crippen LogP contribution in [0.4, 0.5) is 0 Å². The van der Waals surface area contributed by atoms with E-state index in [1.54, 1.807) is 30.3 Å². The summed E-state index contributed by atoms with van der Waals surface area (Å²) in [5, 5.41) is 38.6. The molecule has 51 heavy (non-hydrogen) atoms. The summed E-state index contributed by atoms with van der Waals surface area (Å²) in [5.41, 5.74) is 0.399. The van der Waals surface area contributed by atoms with Crippen LogP contribution >= 0.6 is 0 Å². The van der Waals surface area contributed by atoms with Crippen molar-refractivity contribution < 1.29 is 74.7 Å². The summed E-state index contributed by atoms with van der Waals surface area (Å²) in [6.45, 7) is 15.1. The van der Waals surface area contributed by atoms with E-state index >= 15 is 0 Å². The molecule has 1 aliphatic heterocycles. The second-order valence-corrected chi connectivity index (χ2v) is 12.2. The Labute approximate surface area is 328 Å². The first-order chi connectivity index (χ1) is 23.0. The van der Waals surface area contributed by atoms with E-state index in [4.69, 9.17) is 9.84 Å². The topological polar surface area (TPSA) is 223 Å². The van der Waals surface area contributed by atoms with Crippen LogP contribution in [0.3, 0.4) is 0 Å². The molecule has 3 radical (unpaired) electrons. The molecule has 287 valence electrons. The SMILES string of the molecule is CC(C)CC=O.CC(C)[C@@H](C=O)CC[N+](=O)[O-].CC(C)[C@@H](CO)CC[N+](=O)[O-].CN1CCOCC1.O=C(OCC[N+](=O)[O-])c1ccccc1.[B].[H-].[Na+]. The average molecular weight is 738 g/mol. The number of morpholine rings is 1. The zero-order chi connectivity index (χ0) is 38.2. The number of rotatable bonds is 16. The Morgan fingerprint density at radius 1 is 0.902 bits per heavy atom. The maximum Gasteiger partial charge on any atom is 1.00 e. The molecule has 0 unspecified atom stereocenters. The molecule has 1 N–H and O–H groups in total. The minimum absolute atomic E-state index is 0. The van der Waals surface area contributed by atoms with E-state index in [1.165, 1.54) is 0 Å². The standard InChI is InChI=1S/C9H9NO4.C7H15NO3.C7H13NO3.C5H11NO.C5H10O.B.Na.H/c11-9(14-7-6-10(12)13)8-4-2-1-3-5-8;2*1-6(2)7(5-9)3-4-8(10)11;1-6-2-4-7-5-3-6;1-5(2)3-4-6;;;/h1-5H,6-7H2;6-7,9H,3-5H2,1-2H3;5-7H,3-4H2,1-2H3;2-5H2,1H3;4-5H,3H2,1-2H3;;;/q;;;;;;+1;-1/t;2*7-;;;;;/m.11...../s1. The van der Waals surface area contributed by atoms with Crippen molar-refractivity contribution in [1.82, 2.24) is 4.90 Å². The van der Waals surface area contributed by atoms with Crippen LogP contribution in [0.25, 0.3) is 0 Å². The van der Waals surface area contributed by atoms with Crippen LogP contribution in [0, 0.1) is 59.9 Å². The second-order valence-electron chi connectivity index (χ2n) is 12.2. The van der Waals surface area contributed by atoms with Gasteiger partial charge in [-0.25, -0.2) is 4.79 Å². The van der Waals surface area contributed by atoms with E-state index in [9.17, 15) is 44.7 Å². The minimum Gasteiger partial charge on any atom is -1.00 e. The molecular weight excluding hydrogens is 678 g/mol. The van der Waals surface area contributed by atoms with Gasteiger partial charge in [-0.3, -0.25) is 30.3 Å². The fourth-order valence-electron chi connectivity index (χ4n) is 3.44. The molecule has 0 bridgehead atoms. The zero-order valence-electron chi connectivity index (χ0n) is 32.7. The molecule has 0 spiro atoms. The van der Waals surface area contributed by atoms with Gasteiger partial charge in [0.2, 0.25) is 19.6 Å². The maximum absolute atomic E-state index is 11.2. The first-order valence-corrected chi connectivity index (χ1v) is 16.4. The predicted octanol–water partition coefficient (Wildman–Crippen LogP) is 1.08. The summed E-state index contributed by atoms with van der Waals surface area (Å²) >= 11 is 0. The third kappa shape index (κ3) is 41.5. The fourth-order valence-corrected chi connectivity index (χ4v) is 3.44. The van der Waals surface area contributed by atoms with Crippen LogP contribution in [-0.2, 0) is 19.1 Å². The van der Waals surface area contributed by atoms with Crippen LogP contribution in [0.15, 0.2) is 30.3 Å². The Kier molecular flexibility index (Phi) is 43.3. The van der Waals surface area contributed by atoms with Crippen molar-refractivity contribution in [1.29, 1.82) is 0 Å². The van der Waals surface area contributed by atoms with Crippen molar-refractivity contribution in [3.63, 3.8) is 0 Å². The number of likely N-dealkylation sites (N-methyl/N-ethyl adjacent to an activating group) is 1. The zero-order valence-corrected chi connectivity index (χ0v) is 33.7. The van der Waals surface area contributed by atoms with Crippen LogP contribution in [0.1, 0.15) is 72.6 Å². The molecule has 1 aromatic rings. The maximum atomic E-state index is 11.2. The Balaban J connectivity index is -0.000000129. The Bertz CT molecular complexity index is 1040. The average Bonchev–Trinajstić information content (AvgIpc) is 3.03. The van der Waals surface area contributed by atoms with Gasteiger partial charge in [0, 0.05) is 68.1 Å². The second kappa shape index (κ2) is 38.4. The first kappa shape index (κ1) is 57.5. The number of nitrogens with zero attached hydrogens (tertiary/aromatic N) is 4. The van der Waals surface area contributed by atoms with E-state index in [-0.39, 0.29) is 99.8 Å². The van der Waals surface area contributed by atoms with Crippen molar-refractivity contribution >= 4 is 27.0 Å². The molecular formula is C33H59BN4NaO12. The molecule has 1 aliphatic rings. The monoisotopic (exact) mass is 737 g/mol. The molecule has 1 saturated heterocycles. The molecule has 0 saturated carbocycles. The van der Waals surface area contributed by atoms with Gasteiger partial charge in [-0.1, -0.05) is 59.7 Å². The quantitative estimate of drug-likeness (QED) is 0.0826. The van der Waals surface area contributed by atoms with Crippen LogP contribution in [-0.4, -0.2) is 118 Å². The van der Waals surface area contributed by atoms with Crippen LogP contribution in [0.5, 0.6) is 0 Å². The van der Waals surface area contributed by atoms with Gasteiger partial charge in [-0.2, -0.15) is 0 Å². The molecule has 1 heterocycles. The molecule has 0 aliphatic carbocycles. The summed E-state index contributed by atoms with van der Waals surface area (Å²) in [6, 6.07) is 8.35. The van der Waals surface area contributed by atoms with Gasteiger partial charge in [0.15, 0.2) is 6.61 Å². The Morgan fingerprint density at radius 3 is 1.71 bits per heavy atom. The number of hydrogen-bond acceptors (Lipinski definition) is 13. The summed E-state index contributed by atoms with van der Waals surface area (Å²) in [7, 11) is 2.11. The fraction of sp³-hybridized carbons (Fsp3) is 0.727. The smallest absolute Gasteiger partial charge is 1.00 e. The van der Waals surface area contributed by atoms with Gasteiger partial charge in [-0.05, 0) is 42.9 Å². The first-order valence-electron chi connectivity index (χ1n) is 16.4. The number of aliphatic hydroxyl groups is 1. The number of carbonyl (C=O) groups excluding carboxylic acids is 3. The summed E-state index contributed by atoms with van der Waals surface area (Å²) in [5.74, 6) is 0.420. The van der Waals surface area contributed by atoms with E-state index < -0.39 is 10.9 Å². The third-order valence-electron chi connectivity index (χ3n) is 6.85. The molecule has 2 atom stereocenters. The van der Waals surface area contributed by atoms with Gasteiger partial charge < -0.3 is 30.5 Å². The molecule has 0 amide bonds. The van der Waals surface area contributed by atoms with E-state index in [2.05, 4.69) is 16.7 Å². The number of aldehydes is 2. The van der Waals surface area contributed by atoms with E-state index in [1.807, 2.05) is 41.5 Å². The van der Waals surface area contributed by atoms with Gasteiger partial charge in [0.25, 0.3) is 0 Å². The number of carbonyl (C=O) groups is 3. The van der Waals surface area contributed by atoms with Gasteiger partial charge in [0.05, 0.1) is 18.8 Å². The number of nitro groups is 3. The normalized spacial score (nSPS) is 12.8. The number of ether oxygens (including phenoxy) is 2. The molecule has 16 nitrogen and oxygen atoms in total.